The lowest BCUT2D eigenvalue weighted by molar-refractivity contribution is 0.144. The van der Waals surface area contributed by atoms with Crippen molar-refractivity contribution in [1.29, 1.82) is 0 Å². The second kappa shape index (κ2) is 8.10. The third-order valence-corrected chi connectivity index (χ3v) is 2.06. The van der Waals surface area contributed by atoms with Crippen LogP contribution in [0, 0.1) is 0 Å². The van der Waals surface area contributed by atoms with E-state index in [-0.39, 0.29) is 5.89 Å². The number of hydrogen-bond acceptors (Lipinski definition) is 6. The minimum Gasteiger partial charge on any atom is -0.450 e. The van der Waals surface area contributed by atoms with E-state index < -0.39 is 11.9 Å². The van der Waals surface area contributed by atoms with Gasteiger partial charge in [-0.1, -0.05) is 6.08 Å². The van der Waals surface area contributed by atoms with E-state index in [1.165, 1.54) is 0 Å². The van der Waals surface area contributed by atoms with Crippen molar-refractivity contribution in [2.75, 3.05) is 13.2 Å². The zero-order valence-corrected chi connectivity index (χ0v) is 10.0. The molecule has 7 nitrogen and oxygen atoms in total. The number of unbranched alkanes of at least 4 members (excludes halogenated alkanes) is 1. The van der Waals surface area contributed by atoms with E-state index in [4.69, 9.17) is 4.74 Å². The number of alkyl carbamates (subject to hydrolysis) is 1. The van der Waals surface area contributed by atoms with E-state index in [0.29, 0.717) is 38.8 Å². The Morgan fingerprint density at radius 3 is 3.00 bits per heavy atom. The van der Waals surface area contributed by atoms with Crippen LogP contribution in [0.5, 0.6) is 0 Å². The molecule has 0 aliphatic carbocycles. The molecule has 1 N–H and O–H groups in total. The highest BCUT2D eigenvalue weighted by Gasteiger charge is 2.04. The van der Waals surface area contributed by atoms with Gasteiger partial charge in [-0.2, -0.15) is 0 Å². The summed E-state index contributed by atoms with van der Waals surface area (Å²) >= 11 is 0. The lowest BCUT2D eigenvalue weighted by Gasteiger charge is -2.05. The molecule has 1 aromatic rings. The monoisotopic (exact) mass is 256 g/mol. The molecule has 1 amide bonds. The van der Waals surface area contributed by atoms with Crippen molar-refractivity contribution in [2.24, 2.45) is 0 Å². The second-order valence-corrected chi connectivity index (χ2v) is 3.53. The summed E-state index contributed by atoms with van der Waals surface area (Å²) in [5.74, 6) is -0.543. The Hall–Kier alpha value is -2.05. The maximum absolute atomic E-state index is 11.1. The first-order valence-corrected chi connectivity index (χ1v) is 5.69. The Morgan fingerprint density at radius 1 is 1.50 bits per heavy atom. The molecular formula is C11H16N2O5. The van der Waals surface area contributed by atoms with Crippen LogP contribution in [0.1, 0.15) is 25.2 Å². The van der Waals surface area contributed by atoms with E-state index >= 15 is 0 Å². The third-order valence-electron chi connectivity index (χ3n) is 2.06. The van der Waals surface area contributed by atoms with Gasteiger partial charge >= 0.3 is 11.9 Å². The quantitative estimate of drug-likeness (QED) is 0.555. The molecule has 0 aliphatic heterocycles. The zero-order chi connectivity index (χ0) is 13.2. The maximum Gasteiger partial charge on any atom is 0.542 e. The first-order valence-electron chi connectivity index (χ1n) is 5.69. The number of ether oxygens (including phenoxy) is 1. The zero-order valence-electron chi connectivity index (χ0n) is 10.0. The van der Waals surface area contributed by atoms with Gasteiger partial charge in [-0.3, -0.25) is 4.52 Å². The van der Waals surface area contributed by atoms with Crippen molar-refractivity contribution >= 4 is 6.09 Å². The highest BCUT2D eigenvalue weighted by atomic mass is 16.6. The van der Waals surface area contributed by atoms with Crippen LogP contribution in [0.4, 0.5) is 4.79 Å². The Bertz CT molecular complexity index is 423. The largest absolute Gasteiger partial charge is 0.542 e. The summed E-state index contributed by atoms with van der Waals surface area (Å²) in [5, 5.41) is 5.99. The van der Waals surface area contributed by atoms with Crippen molar-refractivity contribution < 1.29 is 18.5 Å². The van der Waals surface area contributed by atoms with Crippen LogP contribution in [0.3, 0.4) is 0 Å². The van der Waals surface area contributed by atoms with Gasteiger partial charge in [-0.25, -0.2) is 9.59 Å². The van der Waals surface area contributed by atoms with Crippen molar-refractivity contribution in [2.45, 2.75) is 25.7 Å². The van der Waals surface area contributed by atoms with Gasteiger partial charge in [-0.15, -0.1) is 6.58 Å². The predicted molar refractivity (Wildman–Crippen MR) is 62.1 cm³/mol. The van der Waals surface area contributed by atoms with E-state index in [0.717, 1.165) is 0 Å². The van der Waals surface area contributed by atoms with Gasteiger partial charge in [0.1, 0.15) is 0 Å². The average molecular weight is 256 g/mol. The molecule has 0 radical (unpaired) electrons. The molecule has 0 bridgehead atoms. The molecule has 0 atom stereocenters. The fourth-order valence-corrected chi connectivity index (χ4v) is 1.19. The molecule has 100 valence electrons. The van der Waals surface area contributed by atoms with Crippen LogP contribution in [0.2, 0.25) is 0 Å². The number of amides is 1. The van der Waals surface area contributed by atoms with Crippen LogP contribution < -0.4 is 11.1 Å². The molecule has 0 spiro atoms. The van der Waals surface area contributed by atoms with Gasteiger partial charge < -0.3 is 14.5 Å². The SMILES string of the molecule is C=CCCNC(=O)OCCCCc1noc(=O)o1. The molecule has 0 fully saturated rings. The van der Waals surface area contributed by atoms with E-state index in [9.17, 15) is 9.59 Å². The summed E-state index contributed by atoms with van der Waals surface area (Å²) in [6, 6.07) is 0. The minimum absolute atomic E-state index is 0.260. The Morgan fingerprint density at radius 2 is 2.33 bits per heavy atom. The summed E-state index contributed by atoms with van der Waals surface area (Å²) in [6.07, 6.45) is 3.81. The van der Waals surface area contributed by atoms with Crippen LogP contribution in [0.15, 0.2) is 26.4 Å². The molecular weight excluding hydrogens is 240 g/mol. The highest BCUT2D eigenvalue weighted by molar-refractivity contribution is 5.66. The van der Waals surface area contributed by atoms with E-state index in [1.54, 1.807) is 6.08 Å². The normalized spacial score (nSPS) is 10.0. The number of nitrogens with one attached hydrogen (secondary N) is 1. The van der Waals surface area contributed by atoms with Crippen LogP contribution in [-0.2, 0) is 11.2 Å². The number of aryl methyl sites for hydroxylation is 1. The van der Waals surface area contributed by atoms with E-state index in [1.807, 2.05) is 0 Å². The minimum atomic E-state index is -0.803. The smallest absolute Gasteiger partial charge is 0.450 e. The predicted octanol–water partition coefficient (Wildman–Crippen LogP) is 1.25. The summed E-state index contributed by atoms with van der Waals surface area (Å²) < 4.78 is 13.8. The van der Waals surface area contributed by atoms with E-state index in [2.05, 4.69) is 26.0 Å². The van der Waals surface area contributed by atoms with Crippen LogP contribution in [-0.4, -0.2) is 24.4 Å². The fourth-order valence-electron chi connectivity index (χ4n) is 1.19. The van der Waals surface area contributed by atoms with Gasteiger partial charge in [0.15, 0.2) is 0 Å². The molecule has 0 saturated heterocycles. The summed E-state index contributed by atoms with van der Waals surface area (Å²) in [5.41, 5.74) is 0. The van der Waals surface area contributed by atoms with Gasteiger partial charge in [0, 0.05) is 13.0 Å². The molecule has 7 heteroatoms. The number of carbonyl (C=O) groups is 1. The summed E-state index contributed by atoms with van der Waals surface area (Å²) in [4.78, 5) is 21.6. The van der Waals surface area contributed by atoms with Crippen LogP contribution >= 0.6 is 0 Å². The lowest BCUT2D eigenvalue weighted by Crippen LogP contribution is -2.25. The Labute approximate surface area is 104 Å². The number of hydrogen-bond donors (Lipinski definition) is 1. The van der Waals surface area contributed by atoms with Crippen molar-refractivity contribution in [3.05, 3.63) is 29.2 Å². The Kier molecular flexibility index (Phi) is 6.31. The van der Waals surface area contributed by atoms with Gasteiger partial charge in [-0.05, 0) is 24.4 Å². The number of carbonyl (C=O) groups excluding carboxylic acids is 1. The number of aromatic nitrogens is 1. The van der Waals surface area contributed by atoms with Gasteiger partial charge in [0.25, 0.3) is 0 Å². The average Bonchev–Trinajstić information content (AvgIpc) is 2.75. The first-order chi connectivity index (χ1) is 8.72. The molecule has 18 heavy (non-hydrogen) atoms. The fraction of sp³-hybridized carbons (Fsp3) is 0.545. The van der Waals surface area contributed by atoms with Crippen molar-refractivity contribution in [3.8, 4) is 0 Å². The Balaban J connectivity index is 1.99. The highest BCUT2D eigenvalue weighted by Crippen LogP contribution is 1.99. The number of rotatable bonds is 8. The standard InChI is InChI=1S/C11H16N2O5/c1-2-3-7-12-10(14)16-8-5-4-6-9-13-18-11(15)17-9/h2H,1,3-8H2,(H,12,14). The molecule has 0 unspecified atom stereocenters. The summed E-state index contributed by atoms with van der Waals surface area (Å²) in [6.45, 7) is 4.37. The summed E-state index contributed by atoms with van der Waals surface area (Å²) in [7, 11) is 0. The van der Waals surface area contributed by atoms with Gasteiger partial charge in [0.2, 0.25) is 5.89 Å². The molecule has 0 aromatic carbocycles. The topological polar surface area (TPSA) is 94.6 Å². The third kappa shape index (κ3) is 5.88. The molecule has 1 aromatic heterocycles. The molecule has 1 rings (SSSR count). The molecule has 1 heterocycles. The van der Waals surface area contributed by atoms with Gasteiger partial charge in [0.05, 0.1) is 6.61 Å². The first kappa shape index (κ1) is 14.0. The molecule has 0 saturated carbocycles. The lowest BCUT2D eigenvalue weighted by atomic mass is 10.2. The van der Waals surface area contributed by atoms with Crippen LogP contribution in [0.25, 0.3) is 0 Å². The van der Waals surface area contributed by atoms with Crippen molar-refractivity contribution in [1.82, 2.24) is 10.5 Å². The second-order valence-electron chi connectivity index (χ2n) is 3.53. The maximum atomic E-state index is 11.1. The number of nitrogens with zero attached hydrogens (tertiary/aromatic N) is 1. The van der Waals surface area contributed by atoms with Crippen molar-refractivity contribution in [3.63, 3.8) is 0 Å². The molecule has 0 aliphatic rings.